The van der Waals surface area contributed by atoms with Crippen LogP contribution in [0.3, 0.4) is 0 Å². The molecule has 4 rings (SSSR count). The SMILES string of the molecule is C=C(c1ccccc1)c1cc(-c2cnc(N)nc2)nc(N2CCCCC2)c1. The predicted molar refractivity (Wildman–Crippen MR) is 110 cm³/mol. The second-order valence-corrected chi connectivity index (χ2v) is 6.82. The number of aromatic nitrogens is 3. The van der Waals surface area contributed by atoms with Crippen LogP contribution in [-0.2, 0) is 0 Å². The summed E-state index contributed by atoms with van der Waals surface area (Å²) in [6, 6.07) is 14.4. The molecule has 0 atom stereocenters. The molecule has 0 radical (unpaired) electrons. The monoisotopic (exact) mass is 357 g/mol. The number of anilines is 2. The van der Waals surface area contributed by atoms with Crippen molar-refractivity contribution in [2.45, 2.75) is 19.3 Å². The Morgan fingerprint density at radius 1 is 0.926 bits per heavy atom. The zero-order valence-electron chi connectivity index (χ0n) is 15.3. The Morgan fingerprint density at radius 3 is 2.33 bits per heavy atom. The number of nitrogens with two attached hydrogens (primary N) is 1. The fourth-order valence-corrected chi connectivity index (χ4v) is 3.40. The zero-order valence-corrected chi connectivity index (χ0v) is 15.3. The van der Waals surface area contributed by atoms with Crippen LogP contribution in [0.2, 0.25) is 0 Å². The molecule has 0 amide bonds. The van der Waals surface area contributed by atoms with Gasteiger partial charge in [0.2, 0.25) is 5.95 Å². The Labute approximate surface area is 159 Å². The van der Waals surface area contributed by atoms with Crippen molar-refractivity contribution >= 4 is 17.3 Å². The van der Waals surface area contributed by atoms with Crippen LogP contribution in [0.1, 0.15) is 30.4 Å². The van der Waals surface area contributed by atoms with E-state index in [1.54, 1.807) is 12.4 Å². The molecule has 1 aliphatic rings. The van der Waals surface area contributed by atoms with Crippen molar-refractivity contribution in [2.75, 3.05) is 23.7 Å². The molecule has 0 saturated carbocycles. The molecule has 0 bridgehead atoms. The van der Waals surface area contributed by atoms with Crippen molar-refractivity contribution in [3.05, 3.63) is 72.6 Å². The van der Waals surface area contributed by atoms with Gasteiger partial charge in [-0.15, -0.1) is 0 Å². The topological polar surface area (TPSA) is 67.9 Å². The van der Waals surface area contributed by atoms with Crippen molar-refractivity contribution in [1.29, 1.82) is 0 Å². The summed E-state index contributed by atoms with van der Waals surface area (Å²) >= 11 is 0. The molecule has 3 aromatic rings. The number of pyridine rings is 1. The molecule has 136 valence electrons. The summed E-state index contributed by atoms with van der Waals surface area (Å²) in [5.41, 5.74) is 10.5. The van der Waals surface area contributed by atoms with Gasteiger partial charge in [0.05, 0.1) is 5.69 Å². The molecule has 0 unspecified atom stereocenters. The van der Waals surface area contributed by atoms with Crippen LogP contribution in [0, 0.1) is 0 Å². The van der Waals surface area contributed by atoms with E-state index in [-0.39, 0.29) is 5.95 Å². The second-order valence-electron chi connectivity index (χ2n) is 6.82. The average molecular weight is 357 g/mol. The lowest BCUT2D eigenvalue weighted by Gasteiger charge is -2.28. The lowest BCUT2D eigenvalue weighted by atomic mass is 9.98. The molecule has 3 heterocycles. The van der Waals surface area contributed by atoms with E-state index in [1.165, 1.54) is 19.3 Å². The van der Waals surface area contributed by atoms with Crippen LogP contribution in [0.15, 0.2) is 61.4 Å². The summed E-state index contributed by atoms with van der Waals surface area (Å²) < 4.78 is 0. The Morgan fingerprint density at radius 2 is 1.63 bits per heavy atom. The van der Waals surface area contributed by atoms with Gasteiger partial charge in [-0.2, -0.15) is 0 Å². The van der Waals surface area contributed by atoms with Gasteiger partial charge in [-0.1, -0.05) is 36.9 Å². The highest BCUT2D eigenvalue weighted by Gasteiger charge is 2.16. The Balaban J connectivity index is 1.78. The number of piperidine rings is 1. The van der Waals surface area contributed by atoms with Crippen molar-refractivity contribution in [1.82, 2.24) is 15.0 Å². The molecule has 0 aliphatic carbocycles. The molecule has 1 aromatic carbocycles. The van der Waals surface area contributed by atoms with Crippen molar-refractivity contribution in [3.8, 4) is 11.3 Å². The van der Waals surface area contributed by atoms with Gasteiger partial charge in [0.1, 0.15) is 5.82 Å². The molecule has 1 aliphatic heterocycles. The van der Waals surface area contributed by atoms with Gasteiger partial charge >= 0.3 is 0 Å². The summed E-state index contributed by atoms with van der Waals surface area (Å²) in [7, 11) is 0. The fourth-order valence-electron chi connectivity index (χ4n) is 3.40. The van der Waals surface area contributed by atoms with Crippen molar-refractivity contribution < 1.29 is 0 Å². The van der Waals surface area contributed by atoms with Gasteiger partial charge in [0.25, 0.3) is 0 Å². The molecular formula is C22H23N5. The molecule has 2 aromatic heterocycles. The summed E-state index contributed by atoms with van der Waals surface area (Å²) in [4.78, 5) is 15.5. The van der Waals surface area contributed by atoms with Crippen molar-refractivity contribution in [2.24, 2.45) is 0 Å². The maximum Gasteiger partial charge on any atom is 0.219 e. The molecule has 1 saturated heterocycles. The molecule has 27 heavy (non-hydrogen) atoms. The second kappa shape index (κ2) is 7.58. The van der Waals surface area contributed by atoms with Crippen LogP contribution < -0.4 is 10.6 Å². The summed E-state index contributed by atoms with van der Waals surface area (Å²) in [5, 5.41) is 0. The van der Waals surface area contributed by atoms with Gasteiger partial charge in [0.15, 0.2) is 0 Å². The highest BCUT2D eigenvalue weighted by Crippen LogP contribution is 2.30. The molecule has 2 N–H and O–H groups in total. The number of benzene rings is 1. The number of nitrogens with zero attached hydrogens (tertiary/aromatic N) is 4. The van der Waals surface area contributed by atoms with Crippen LogP contribution in [0.25, 0.3) is 16.8 Å². The highest BCUT2D eigenvalue weighted by atomic mass is 15.2. The Hall–Kier alpha value is -3.21. The molecule has 5 nitrogen and oxygen atoms in total. The summed E-state index contributed by atoms with van der Waals surface area (Å²) in [6.07, 6.45) is 7.13. The van der Waals surface area contributed by atoms with E-state index < -0.39 is 0 Å². The summed E-state index contributed by atoms with van der Waals surface area (Å²) in [5.74, 6) is 1.25. The first-order valence-corrected chi connectivity index (χ1v) is 9.30. The van der Waals surface area contributed by atoms with E-state index >= 15 is 0 Å². The Bertz CT molecular complexity index is 929. The third-order valence-electron chi connectivity index (χ3n) is 4.93. The highest BCUT2D eigenvalue weighted by molar-refractivity contribution is 5.81. The average Bonchev–Trinajstić information content (AvgIpc) is 2.74. The van der Waals surface area contributed by atoms with Crippen LogP contribution in [0.4, 0.5) is 11.8 Å². The van der Waals surface area contributed by atoms with Gasteiger partial charge < -0.3 is 10.6 Å². The molecule has 1 fully saturated rings. The lowest BCUT2D eigenvalue weighted by Crippen LogP contribution is -2.30. The molecule has 5 heteroatoms. The number of nitrogen functional groups attached to an aromatic ring is 1. The van der Waals surface area contributed by atoms with E-state index in [0.717, 1.165) is 46.9 Å². The minimum atomic E-state index is 0.264. The quantitative estimate of drug-likeness (QED) is 0.759. The van der Waals surface area contributed by atoms with Crippen molar-refractivity contribution in [3.63, 3.8) is 0 Å². The fraction of sp³-hybridized carbons (Fsp3) is 0.227. The minimum absolute atomic E-state index is 0.264. The third-order valence-corrected chi connectivity index (χ3v) is 4.93. The van der Waals surface area contributed by atoms with E-state index in [2.05, 4.69) is 45.7 Å². The first-order valence-electron chi connectivity index (χ1n) is 9.30. The number of hydrogen-bond donors (Lipinski definition) is 1. The smallest absolute Gasteiger partial charge is 0.219 e. The third kappa shape index (κ3) is 3.82. The standard InChI is InChI=1S/C22H23N5/c1-16(17-8-4-2-5-9-17)18-12-20(19-14-24-22(23)25-15-19)26-21(13-18)27-10-6-3-7-11-27/h2,4-5,8-9,12-15H,1,3,6-7,10-11H2,(H2,23,24,25). The van der Waals surface area contributed by atoms with Gasteiger partial charge in [-0.05, 0) is 48.1 Å². The van der Waals surface area contributed by atoms with Gasteiger partial charge in [-0.25, -0.2) is 15.0 Å². The maximum absolute atomic E-state index is 5.64. The van der Waals surface area contributed by atoms with Gasteiger partial charge in [-0.3, -0.25) is 0 Å². The summed E-state index contributed by atoms with van der Waals surface area (Å²) in [6.45, 7) is 6.40. The largest absolute Gasteiger partial charge is 0.368 e. The lowest BCUT2D eigenvalue weighted by molar-refractivity contribution is 0.573. The zero-order chi connectivity index (χ0) is 18.6. The van der Waals surface area contributed by atoms with E-state index in [0.29, 0.717) is 0 Å². The maximum atomic E-state index is 5.64. The van der Waals surface area contributed by atoms with E-state index in [1.807, 2.05) is 18.2 Å². The van der Waals surface area contributed by atoms with E-state index in [9.17, 15) is 0 Å². The number of rotatable bonds is 4. The minimum Gasteiger partial charge on any atom is -0.368 e. The van der Waals surface area contributed by atoms with Crippen LogP contribution in [0.5, 0.6) is 0 Å². The van der Waals surface area contributed by atoms with Crippen LogP contribution in [-0.4, -0.2) is 28.0 Å². The van der Waals surface area contributed by atoms with Crippen LogP contribution >= 0.6 is 0 Å². The first-order chi connectivity index (χ1) is 13.2. The molecule has 0 spiro atoms. The van der Waals surface area contributed by atoms with E-state index in [4.69, 9.17) is 10.7 Å². The predicted octanol–water partition coefficient (Wildman–Crippen LogP) is 4.17. The number of hydrogen-bond acceptors (Lipinski definition) is 5. The molecular weight excluding hydrogens is 334 g/mol. The first kappa shape index (κ1) is 17.2. The van der Waals surface area contributed by atoms with Gasteiger partial charge in [0, 0.05) is 31.0 Å². The Kier molecular flexibility index (Phi) is 4.83. The normalized spacial score (nSPS) is 14.1.